The molecule has 0 atom stereocenters. The molecule has 3 heteroatoms. The second kappa shape index (κ2) is 2.05. The normalized spacial score (nSPS) is 9.12. The first-order valence-electron chi connectivity index (χ1n) is 2.06. The fourth-order valence-corrected chi connectivity index (χ4v) is 0.782. The smallest absolute Gasteiger partial charge is 0.179 e. The molecule has 1 rings (SSSR count). The zero-order valence-electron chi connectivity index (χ0n) is 4.26. The van der Waals surface area contributed by atoms with Crippen LogP contribution in [0.2, 0.25) is 0 Å². The van der Waals surface area contributed by atoms with Crippen molar-refractivity contribution in [1.82, 2.24) is 4.98 Å². The predicted octanol–water partition coefficient (Wildman–Crippen LogP) is 0.946. The molecule has 2 radical (unpaired) electrons. The van der Waals surface area contributed by atoms with Crippen molar-refractivity contribution in [3.8, 4) is 0 Å². The number of hydrogen-bond acceptors (Lipinski definition) is 3. The van der Waals surface area contributed by atoms with Crippen LogP contribution in [0.5, 0.6) is 0 Å². The number of rotatable bonds is 1. The lowest BCUT2D eigenvalue weighted by Crippen LogP contribution is -1.89. The van der Waals surface area contributed by atoms with Gasteiger partial charge in [0.15, 0.2) is 11.3 Å². The molecule has 1 aromatic heterocycles. The van der Waals surface area contributed by atoms with Crippen molar-refractivity contribution in [2.75, 3.05) is 0 Å². The summed E-state index contributed by atoms with van der Waals surface area (Å²) in [7, 11) is 0. The zero-order chi connectivity index (χ0) is 5.98. The Kier molecular flexibility index (Phi) is 1.39. The van der Waals surface area contributed by atoms with E-state index >= 15 is 0 Å². The first-order chi connectivity index (χ1) is 3.80. The van der Waals surface area contributed by atoms with E-state index in [2.05, 4.69) is 15.9 Å². The Morgan fingerprint density at radius 3 is 2.88 bits per heavy atom. The van der Waals surface area contributed by atoms with E-state index in [1.807, 2.05) is 0 Å². The van der Waals surface area contributed by atoms with E-state index in [-0.39, 0.29) is 5.78 Å². The van der Waals surface area contributed by atoms with E-state index in [9.17, 15) is 4.79 Å². The Balaban J connectivity index is 2.93. The molecule has 0 amide bonds. The lowest BCUT2D eigenvalue weighted by molar-refractivity contribution is 0.101. The molecular formula is C5H3NOS. The summed E-state index contributed by atoms with van der Waals surface area (Å²) >= 11 is 1.19. The van der Waals surface area contributed by atoms with Crippen LogP contribution in [0.1, 0.15) is 17.4 Å². The molecule has 0 aromatic carbocycles. The molecule has 0 aliphatic rings. The van der Waals surface area contributed by atoms with Crippen LogP contribution in [0.4, 0.5) is 0 Å². The van der Waals surface area contributed by atoms with E-state index in [0.717, 1.165) is 0 Å². The summed E-state index contributed by atoms with van der Waals surface area (Å²) in [5.41, 5.74) is 2.91. The summed E-state index contributed by atoms with van der Waals surface area (Å²) < 4.78 is 0. The summed E-state index contributed by atoms with van der Waals surface area (Å²) in [5.74, 6) is -0.0532. The highest BCUT2D eigenvalue weighted by atomic mass is 32.1. The maximum absolute atomic E-state index is 10.4. The Hall–Kier alpha value is -0.700. The summed E-state index contributed by atoms with van der Waals surface area (Å²) in [4.78, 5) is 14.0. The molecule has 0 N–H and O–H groups in total. The number of carbonyl (C=O) groups excluding carboxylic acids is 1. The summed E-state index contributed by atoms with van der Waals surface area (Å²) in [5, 5.41) is 2.66. The largest absolute Gasteiger partial charge is 0.293 e. The van der Waals surface area contributed by atoms with Gasteiger partial charge in [0.1, 0.15) is 5.69 Å². The van der Waals surface area contributed by atoms with E-state index in [1.165, 1.54) is 18.3 Å². The quantitative estimate of drug-likeness (QED) is 0.523. The number of hydrogen-bond donors (Lipinski definition) is 0. The van der Waals surface area contributed by atoms with E-state index in [0.29, 0.717) is 5.69 Å². The third-order valence-corrected chi connectivity index (χ3v) is 1.16. The molecule has 0 aliphatic heterocycles. The highest BCUT2D eigenvalue weighted by Crippen LogP contribution is 1.97. The van der Waals surface area contributed by atoms with Gasteiger partial charge in [0.2, 0.25) is 0 Å². The molecule has 8 heavy (non-hydrogen) atoms. The van der Waals surface area contributed by atoms with E-state index < -0.39 is 0 Å². The van der Waals surface area contributed by atoms with Gasteiger partial charge in [0.25, 0.3) is 0 Å². The summed E-state index contributed by atoms with van der Waals surface area (Å²) in [6.45, 7) is 1.46. The Morgan fingerprint density at radius 2 is 2.62 bits per heavy atom. The minimum atomic E-state index is -0.0532. The topological polar surface area (TPSA) is 30.0 Å². The average Bonchev–Trinajstić information content (AvgIpc) is 2.12. The van der Waals surface area contributed by atoms with E-state index in [4.69, 9.17) is 0 Å². The standard InChI is InChI=1S/C5H3NOS/c1-4(7)5-2-8-3-6-5/h1H3. The number of ketones is 1. The molecule has 0 saturated carbocycles. The van der Waals surface area contributed by atoms with Gasteiger partial charge in [0.05, 0.1) is 5.38 Å². The molecular weight excluding hydrogens is 122 g/mol. The van der Waals surface area contributed by atoms with Crippen LogP contribution in [0, 0.1) is 10.9 Å². The van der Waals surface area contributed by atoms with Crippen molar-refractivity contribution in [3.05, 3.63) is 16.6 Å². The SMILES string of the molecule is CC(=O)c1[c]s[c]n1. The molecule has 0 fully saturated rings. The number of aromatic nitrogens is 1. The average molecular weight is 125 g/mol. The van der Waals surface area contributed by atoms with Gasteiger partial charge >= 0.3 is 0 Å². The number of nitrogens with zero attached hydrogens (tertiary/aromatic N) is 1. The lowest BCUT2D eigenvalue weighted by Gasteiger charge is -1.77. The lowest BCUT2D eigenvalue weighted by atomic mass is 10.4. The number of Topliss-reactive ketones (excluding diaryl/α,β-unsaturated/α-hetero) is 1. The van der Waals surface area contributed by atoms with Crippen molar-refractivity contribution >= 4 is 17.1 Å². The van der Waals surface area contributed by atoms with Crippen molar-refractivity contribution in [3.63, 3.8) is 0 Å². The third-order valence-electron chi connectivity index (χ3n) is 0.684. The van der Waals surface area contributed by atoms with Crippen molar-refractivity contribution < 1.29 is 4.79 Å². The molecule has 1 heterocycles. The Morgan fingerprint density at radius 1 is 1.88 bits per heavy atom. The van der Waals surface area contributed by atoms with Gasteiger partial charge in [-0.05, 0) is 0 Å². The second-order valence-corrected chi connectivity index (χ2v) is 1.90. The van der Waals surface area contributed by atoms with Gasteiger partial charge in [-0.25, -0.2) is 4.98 Å². The molecule has 0 bridgehead atoms. The zero-order valence-corrected chi connectivity index (χ0v) is 5.08. The Labute approximate surface area is 51.2 Å². The first-order valence-corrected chi connectivity index (χ1v) is 2.88. The minimum absolute atomic E-state index is 0.0532. The van der Waals surface area contributed by atoms with Crippen LogP contribution >= 0.6 is 11.3 Å². The van der Waals surface area contributed by atoms with Crippen LogP contribution in [0.15, 0.2) is 0 Å². The predicted molar refractivity (Wildman–Crippen MR) is 29.8 cm³/mol. The van der Waals surface area contributed by atoms with Gasteiger partial charge < -0.3 is 0 Å². The maximum Gasteiger partial charge on any atom is 0.179 e. The van der Waals surface area contributed by atoms with Crippen molar-refractivity contribution in [2.45, 2.75) is 6.92 Å². The Bertz CT molecular complexity index is 180. The van der Waals surface area contributed by atoms with Crippen LogP contribution < -0.4 is 0 Å². The van der Waals surface area contributed by atoms with Crippen LogP contribution in [0.3, 0.4) is 0 Å². The molecule has 0 spiro atoms. The summed E-state index contributed by atoms with van der Waals surface area (Å²) in [6, 6.07) is 0. The van der Waals surface area contributed by atoms with Crippen LogP contribution in [0.25, 0.3) is 0 Å². The van der Waals surface area contributed by atoms with E-state index in [1.54, 1.807) is 0 Å². The fourth-order valence-electron chi connectivity index (χ4n) is 0.313. The number of carbonyl (C=O) groups is 1. The fraction of sp³-hybridized carbons (Fsp3) is 0.200. The monoisotopic (exact) mass is 125 g/mol. The first kappa shape index (κ1) is 5.44. The molecule has 0 saturated heterocycles. The van der Waals surface area contributed by atoms with Crippen molar-refractivity contribution in [2.24, 2.45) is 0 Å². The van der Waals surface area contributed by atoms with Gasteiger partial charge in [-0.1, -0.05) is 0 Å². The number of thiazole rings is 1. The van der Waals surface area contributed by atoms with Gasteiger partial charge in [-0.2, -0.15) is 0 Å². The van der Waals surface area contributed by atoms with Crippen LogP contribution in [-0.4, -0.2) is 10.8 Å². The minimum Gasteiger partial charge on any atom is -0.293 e. The molecule has 0 aliphatic carbocycles. The van der Waals surface area contributed by atoms with Gasteiger partial charge in [-0.15, -0.1) is 11.3 Å². The molecule has 1 aromatic rings. The van der Waals surface area contributed by atoms with Crippen LogP contribution in [-0.2, 0) is 0 Å². The van der Waals surface area contributed by atoms with Gasteiger partial charge in [0, 0.05) is 6.92 Å². The van der Waals surface area contributed by atoms with Gasteiger partial charge in [-0.3, -0.25) is 4.79 Å². The highest BCUT2D eigenvalue weighted by molar-refractivity contribution is 7.06. The second-order valence-electron chi connectivity index (χ2n) is 1.31. The molecule has 0 unspecified atom stereocenters. The maximum atomic E-state index is 10.4. The third kappa shape index (κ3) is 0.924. The highest BCUT2D eigenvalue weighted by Gasteiger charge is 1.98. The van der Waals surface area contributed by atoms with Crippen molar-refractivity contribution in [1.29, 1.82) is 0 Å². The summed E-state index contributed by atoms with van der Waals surface area (Å²) in [6.07, 6.45) is 0. The molecule has 40 valence electrons. The molecule has 2 nitrogen and oxygen atoms in total.